The molecule has 0 saturated heterocycles. The summed E-state index contributed by atoms with van der Waals surface area (Å²) in [6, 6.07) is 11.4. The number of methoxy groups -OCH3 is 1. The van der Waals surface area contributed by atoms with Crippen molar-refractivity contribution in [1.29, 1.82) is 0 Å². The molecule has 0 saturated carbocycles. The van der Waals surface area contributed by atoms with Gasteiger partial charge in [0.15, 0.2) is 18.1 Å². The zero-order valence-corrected chi connectivity index (χ0v) is 15.8. The molecule has 0 spiro atoms. The lowest BCUT2D eigenvalue weighted by Crippen LogP contribution is -2.43. The van der Waals surface area contributed by atoms with Gasteiger partial charge in [-0.15, -0.1) is 0 Å². The summed E-state index contributed by atoms with van der Waals surface area (Å²) in [5.41, 5.74) is 4.92. The molecule has 144 valence electrons. The Morgan fingerprint density at radius 1 is 1.00 bits per heavy atom. The molecular weight excluding hydrogens is 372 g/mol. The highest BCUT2D eigenvalue weighted by Gasteiger charge is 2.12. The maximum absolute atomic E-state index is 12.2. The number of hydrogen-bond donors (Lipinski definition) is 2. The lowest BCUT2D eigenvalue weighted by molar-refractivity contribution is -0.123. The fraction of sp³-hybridized carbons (Fsp3) is 0.263. The number of halogens is 1. The minimum absolute atomic E-state index is 0.255. The Morgan fingerprint density at radius 2 is 1.74 bits per heavy atom. The first-order valence-corrected chi connectivity index (χ1v) is 8.69. The lowest BCUT2D eigenvalue weighted by Gasteiger charge is -2.12. The van der Waals surface area contributed by atoms with Gasteiger partial charge in [0.2, 0.25) is 0 Å². The van der Waals surface area contributed by atoms with Gasteiger partial charge in [0.05, 0.1) is 13.7 Å². The van der Waals surface area contributed by atoms with E-state index >= 15 is 0 Å². The Kier molecular flexibility index (Phi) is 7.76. The van der Waals surface area contributed by atoms with Gasteiger partial charge in [0.25, 0.3) is 11.8 Å². The van der Waals surface area contributed by atoms with Crippen molar-refractivity contribution < 1.29 is 23.8 Å². The van der Waals surface area contributed by atoms with E-state index in [4.69, 9.17) is 25.8 Å². The van der Waals surface area contributed by atoms with Crippen LogP contribution in [0.1, 0.15) is 23.7 Å². The van der Waals surface area contributed by atoms with Crippen molar-refractivity contribution in [1.82, 2.24) is 10.9 Å². The number of rotatable bonds is 8. The molecule has 0 aromatic heterocycles. The minimum atomic E-state index is -0.506. The van der Waals surface area contributed by atoms with Crippen LogP contribution in [0.3, 0.4) is 0 Å². The van der Waals surface area contributed by atoms with Gasteiger partial charge in [-0.25, -0.2) is 0 Å². The van der Waals surface area contributed by atoms with E-state index in [2.05, 4.69) is 10.9 Å². The quantitative estimate of drug-likeness (QED) is 0.674. The van der Waals surface area contributed by atoms with Gasteiger partial charge in [-0.3, -0.25) is 20.4 Å². The van der Waals surface area contributed by atoms with E-state index in [1.165, 1.54) is 13.2 Å². The first-order valence-electron chi connectivity index (χ1n) is 8.32. The van der Waals surface area contributed by atoms with Gasteiger partial charge in [0, 0.05) is 10.6 Å². The molecule has 7 nitrogen and oxygen atoms in total. The Bertz CT molecular complexity index is 780. The molecule has 0 atom stereocenters. The summed E-state index contributed by atoms with van der Waals surface area (Å²) >= 11 is 5.77. The summed E-state index contributed by atoms with van der Waals surface area (Å²) in [6.45, 7) is 2.29. The van der Waals surface area contributed by atoms with E-state index in [1.807, 2.05) is 6.92 Å². The van der Waals surface area contributed by atoms with Crippen LogP contribution < -0.4 is 25.1 Å². The highest BCUT2D eigenvalue weighted by atomic mass is 35.5. The molecule has 0 radical (unpaired) electrons. The summed E-state index contributed by atoms with van der Waals surface area (Å²) in [4.78, 5) is 24.0. The molecule has 0 aliphatic carbocycles. The smallest absolute Gasteiger partial charge is 0.276 e. The molecule has 0 bridgehead atoms. The van der Waals surface area contributed by atoms with Crippen LogP contribution in [0.15, 0.2) is 42.5 Å². The van der Waals surface area contributed by atoms with Crippen molar-refractivity contribution in [3.63, 3.8) is 0 Å². The number of nitrogens with one attached hydrogen (secondary N) is 2. The number of benzene rings is 2. The molecule has 2 amide bonds. The summed E-state index contributed by atoms with van der Waals surface area (Å²) in [7, 11) is 1.49. The maximum Gasteiger partial charge on any atom is 0.276 e. The molecule has 2 N–H and O–H groups in total. The first-order chi connectivity index (χ1) is 13.0. The second-order valence-electron chi connectivity index (χ2n) is 5.46. The first kappa shape index (κ1) is 20.4. The molecule has 2 aromatic carbocycles. The standard InChI is InChI=1S/C19H21ClN2O5/c1-3-10-26-16-9-4-13(11-17(16)25-2)19(24)22-21-18(23)12-27-15-7-5-14(20)6-8-15/h4-9,11H,3,10,12H2,1-2H3,(H,21,23)(H,22,24). The second-order valence-corrected chi connectivity index (χ2v) is 5.90. The highest BCUT2D eigenvalue weighted by molar-refractivity contribution is 6.30. The molecule has 2 rings (SSSR count). The van der Waals surface area contributed by atoms with E-state index in [1.54, 1.807) is 36.4 Å². The fourth-order valence-electron chi connectivity index (χ4n) is 2.05. The van der Waals surface area contributed by atoms with Gasteiger partial charge >= 0.3 is 0 Å². The average Bonchev–Trinajstić information content (AvgIpc) is 2.69. The maximum atomic E-state index is 12.2. The third kappa shape index (κ3) is 6.38. The van der Waals surface area contributed by atoms with Crippen LogP contribution in [0.2, 0.25) is 5.02 Å². The molecule has 0 aliphatic heterocycles. The third-order valence-electron chi connectivity index (χ3n) is 3.39. The topological polar surface area (TPSA) is 85.9 Å². The Balaban J connectivity index is 1.85. The van der Waals surface area contributed by atoms with E-state index in [0.29, 0.717) is 34.4 Å². The number of amides is 2. The van der Waals surface area contributed by atoms with Crippen molar-refractivity contribution in [2.24, 2.45) is 0 Å². The van der Waals surface area contributed by atoms with Gasteiger partial charge in [-0.1, -0.05) is 18.5 Å². The number of hydrogen-bond acceptors (Lipinski definition) is 5. The van der Waals surface area contributed by atoms with Crippen LogP contribution in [-0.4, -0.2) is 32.1 Å². The monoisotopic (exact) mass is 392 g/mol. The van der Waals surface area contributed by atoms with Crippen LogP contribution in [0, 0.1) is 0 Å². The summed E-state index contributed by atoms with van der Waals surface area (Å²) in [5.74, 6) is 0.487. The van der Waals surface area contributed by atoms with Crippen molar-refractivity contribution >= 4 is 23.4 Å². The molecule has 0 fully saturated rings. The number of hydrazine groups is 1. The van der Waals surface area contributed by atoms with Gasteiger partial charge < -0.3 is 14.2 Å². The van der Waals surface area contributed by atoms with Gasteiger partial charge in [-0.05, 0) is 48.9 Å². The van der Waals surface area contributed by atoms with Crippen LogP contribution in [0.5, 0.6) is 17.2 Å². The Hall–Kier alpha value is -2.93. The molecule has 8 heteroatoms. The van der Waals surface area contributed by atoms with E-state index in [0.717, 1.165) is 6.42 Å². The zero-order valence-electron chi connectivity index (χ0n) is 15.1. The van der Waals surface area contributed by atoms with Crippen LogP contribution in [0.25, 0.3) is 0 Å². The Labute approximate surface area is 162 Å². The zero-order chi connectivity index (χ0) is 19.6. The molecule has 2 aromatic rings. The fourth-order valence-corrected chi connectivity index (χ4v) is 2.18. The predicted molar refractivity (Wildman–Crippen MR) is 101 cm³/mol. The molecule has 0 unspecified atom stereocenters. The number of carbonyl (C=O) groups excluding carboxylic acids is 2. The van der Waals surface area contributed by atoms with Crippen molar-refractivity contribution in [3.05, 3.63) is 53.1 Å². The minimum Gasteiger partial charge on any atom is -0.493 e. The summed E-state index contributed by atoms with van der Waals surface area (Å²) in [5, 5.41) is 0.570. The normalized spacial score (nSPS) is 10.0. The van der Waals surface area contributed by atoms with Crippen molar-refractivity contribution in [2.75, 3.05) is 20.3 Å². The largest absolute Gasteiger partial charge is 0.493 e. The van der Waals surface area contributed by atoms with E-state index in [-0.39, 0.29) is 6.61 Å². The SMILES string of the molecule is CCCOc1ccc(C(=O)NNC(=O)COc2ccc(Cl)cc2)cc1OC. The Morgan fingerprint density at radius 3 is 2.41 bits per heavy atom. The number of carbonyl (C=O) groups is 2. The van der Waals surface area contributed by atoms with Gasteiger partial charge in [-0.2, -0.15) is 0 Å². The van der Waals surface area contributed by atoms with E-state index in [9.17, 15) is 9.59 Å². The molecular formula is C19H21ClN2O5. The molecule has 27 heavy (non-hydrogen) atoms. The second kappa shape index (κ2) is 10.3. The highest BCUT2D eigenvalue weighted by Crippen LogP contribution is 2.28. The lowest BCUT2D eigenvalue weighted by atomic mass is 10.2. The van der Waals surface area contributed by atoms with Crippen LogP contribution >= 0.6 is 11.6 Å². The average molecular weight is 393 g/mol. The van der Waals surface area contributed by atoms with Gasteiger partial charge in [0.1, 0.15) is 5.75 Å². The van der Waals surface area contributed by atoms with Crippen LogP contribution in [0.4, 0.5) is 0 Å². The van der Waals surface area contributed by atoms with Crippen LogP contribution in [-0.2, 0) is 4.79 Å². The van der Waals surface area contributed by atoms with E-state index < -0.39 is 11.8 Å². The third-order valence-corrected chi connectivity index (χ3v) is 3.64. The predicted octanol–water partition coefficient (Wildman–Crippen LogP) is 2.98. The molecule has 0 aliphatic rings. The molecule has 0 heterocycles. The number of ether oxygens (including phenoxy) is 3. The summed E-state index contributed by atoms with van der Waals surface area (Å²) < 4.78 is 16.1. The van der Waals surface area contributed by atoms with Crippen molar-refractivity contribution in [3.8, 4) is 17.2 Å². The van der Waals surface area contributed by atoms with Crippen molar-refractivity contribution in [2.45, 2.75) is 13.3 Å². The summed E-state index contributed by atoms with van der Waals surface area (Å²) in [6.07, 6.45) is 0.857.